The van der Waals surface area contributed by atoms with E-state index in [-0.39, 0.29) is 16.9 Å². The summed E-state index contributed by atoms with van der Waals surface area (Å²) in [5.74, 6) is -2.33. The molecule has 1 fully saturated rings. The number of benzene rings is 1. The van der Waals surface area contributed by atoms with Crippen molar-refractivity contribution in [3.63, 3.8) is 0 Å². The Hall–Kier alpha value is -2.84. The van der Waals surface area contributed by atoms with Crippen LogP contribution in [0.4, 0.5) is 9.52 Å². The number of anilines is 1. The molecule has 0 aliphatic carbocycles. The topological polar surface area (TPSA) is 70.5 Å². The highest BCUT2D eigenvalue weighted by molar-refractivity contribution is 7.14. The molecule has 1 aromatic carbocycles. The third-order valence-corrected chi connectivity index (χ3v) is 5.70. The van der Waals surface area contributed by atoms with Crippen LogP contribution in [0, 0.1) is 5.82 Å². The summed E-state index contributed by atoms with van der Waals surface area (Å²) in [6.07, 6.45) is 1.55. The van der Waals surface area contributed by atoms with Gasteiger partial charge in [0.15, 0.2) is 5.13 Å². The number of amides is 1. The average molecular weight is 386 g/mol. The smallest absolute Gasteiger partial charge is 0.301 e. The van der Waals surface area contributed by atoms with Crippen molar-refractivity contribution in [1.82, 2.24) is 4.98 Å². The number of aliphatic hydroxyl groups excluding tert-OH is 1. The lowest BCUT2D eigenvalue weighted by Gasteiger charge is -2.21. The summed E-state index contributed by atoms with van der Waals surface area (Å²) < 4.78 is 13.2. The van der Waals surface area contributed by atoms with E-state index in [0.717, 1.165) is 4.88 Å². The van der Waals surface area contributed by atoms with Crippen LogP contribution in [0.25, 0.3) is 5.76 Å². The van der Waals surface area contributed by atoms with E-state index in [1.807, 2.05) is 5.38 Å². The Bertz CT molecular complexity index is 996. The van der Waals surface area contributed by atoms with Crippen LogP contribution < -0.4 is 4.90 Å². The zero-order valence-electron chi connectivity index (χ0n) is 13.1. The van der Waals surface area contributed by atoms with Gasteiger partial charge in [0.25, 0.3) is 5.78 Å². The number of aliphatic hydroxyl groups is 1. The first-order valence-corrected chi connectivity index (χ1v) is 9.33. The predicted octanol–water partition coefficient (Wildman–Crippen LogP) is 3.97. The van der Waals surface area contributed by atoms with Crippen molar-refractivity contribution in [1.29, 1.82) is 0 Å². The number of aromatic nitrogens is 1. The monoisotopic (exact) mass is 386 g/mol. The molecule has 3 heterocycles. The van der Waals surface area contributed by atoms with Crippen molar-refractivity contribution in [2.45, 2.75) is 6.04 Å². The summed E-state index contributed by atoms with van der Waals surface area (Å²) in [6, 6.07) is 7.93. The molecular formula is C18H11FN2O3S2. The van der Waals surface area contributed by atoms with Gasteiger partial charge in [0.05, 0.1) is 5.57 Å². The van der Waals surface area contributed by atoms with Crippen LogP contribution >= 0.6 is 22.7 Å². The standard InChI is InChI=1S/C18H11FN2O3S2/c19-11-5-3-10(4-6-11)15(22)13-14(12-2-1-8-25-12)21(17(24)16(13)23)18-20-7-9-26-18/h1-9,14,22H. The summed E-state index contributed by atoms with van der Waals surface area (Å²) in [4.78, 5) is 31.5. The molecule has 1 atom stereocenters. The molecule has 5 nitrogen and oxygen atoms in total. The van der Waals surface area contributed by atoms with Gasteiger partial charge in [0.1, 0.15) is 17.6 Å². The van der Waals surface area contributed by atoms with Gasteiger partial charge < -0.3 is 5.11 Å². The van der Waals surface area contributed by atoms with Crippen LogP contribution in [0.3, 0.4) is 0 Å². The first-order valence-electron chi connectivity index (χ1n) is 7.58. The Morgan fingerprint density at radius 2 is 1.88 bits per heavy atom. The molecule has 0 saturated carbocycles. The maximum atomic E-state index is 13.2. The van der Waals surface area contributed by atoms with E-state index < -0.39 is 23.5 Å². The lowest BCUT2D eigenvalue weighted by atomic mass is 10.00. The molecule has 1 amide bonds. The van der Waals surface area contributed by atoms with Crippen molar-refractivity contribution in [3.8, 4) is 0 Å². The molecule has 0 spiro atoms. The molecule has 1 unspecified atom stereocenters. The van der Waals surface area contributed by atoms with Crippen molar-refractivity contribution >= 4 is 45.3 Å². The fourth-order valence-electron chi connectivity index (χ4n) is 2.84. The molecule has 26 heavy (non-hydrogen) atoms. The van der Waals surface area contributed by atoms with Crippen LogP contribution in [0.15, 0.2) is 58.9 Å². The van der Waals surface area contributed by atoms with Crippen LogP contribution in [-0.4, -0.2) is 21.8 Å². The van der Waals surface area contributed by atoms with Crippen molar-refractivity contribution in [2.24, 2.45) is 0 Å². The van der Waals surface area contributed by atoms with Gasteiger partial charge in [-0.3, -0.25) is 14.5 Å². The second-order valence-corrected chi connectivity index (χ2v) is 7.36. The molecule has 8 heteroatoms. The Morgan fingerprint density at radius 1 is 1.12 bits per heavy atom. The molecule has 0 radical (unpaired) electrons. The van der Waals surface area contributed by atoms with Gasteiger partial charge in [-0.1, -0.05) is 6.07 Å². The minimum absolute atomic E-state index is 0.0285. The van der Waals surface area contributed by atoms with Crippen molar-refractivity contribution in [2.75, 3.05) is 4.90 Å². The maximum absolute atomic E-state index is 13.2. The highest BCUT2D eigenvalue weighted by Gasteiger charge is 2.48. The van der Waals surface area contributed by atoms with Gasteiger partial charge in [0, 0.05) is 22.0 Å². The van der Waals surface area contributed by atoms with E-state index >= 15 is 0 Å². The number of thiophene rings is 1. The highest BCUT2D eigenvalue weighted by atomic mass is 32.1. The highest BCUT2D eigenvalue weighted by Crippen LogP contribution is 2.43. The molecule has 2 aromatic heterocycles. The average Bonchev–Trinajstić information content (AvgIpc) is 3.37. The molecule has 3 aromatic rings. The maximum Gasteiger partial charge on any atom is 0.301 e. The zero-order chi connectivity index (χ0) is 18.3. The quantitative estimate of drug-likeness (QED) is 0.420. The minimum Gasteiger partial charge on any atom is -0.507 e. The Morgan fingerprint density at radius 3 is 2.50 bits per heavy atom. The number of carbonyl (C=O) groups is 2. The molecule has 0 bridgehead atoms. The van der Waals surface area contributed by atoms with Crippen LogP contribution in [0.1, 0.15) is 16.5 Å². The van der Waals surface area contributed by atoms with Gasteiger partial charge in [-0.25, -0.2) is 9.37 Å². The van der Waals surface area contributed by atoms with Gasteiger partial charge in [-0.15, -0.1) is 22.7 Å². The van der Waals surface area contributed by atoms with E-state index in [9.17, 15) is 19.1 Å². The number of hydrogen-bond donors (Lipinski definition) is 1. The Labute approximate surface area is 155 Å². The van der Waals surface area contributed by atoms with Crippen molar-refractivity contribution in [3.05, 3.63) is 75.2 Å². The summed E-state index contributed by atoms with van der Waals surface area (Å²) in [5, 5.41) is 14.6. The van der Waals surface area contributed by atoms with E-state index in [0.29, 0.717) is 5.13 Å². The number of rotatable bonds is 3. The number of Topliss-reactive ketones (excluding diaryl/α,β-unsaturated/α-hetero) is 1. The predicted molar refractivity (Wildman–Crippen MR) is 97.6 cm³/mol. The Balaban J connectivity index is 1.92. The number of halogens is 1. The van der Waals surface area contributed by atoms with Crippen LogP contribution in [0.5, 0.6) is 0 Å². The SMILES string of the molecule is O=C1C(=O)N(c2nccs2)C(c2cccs2)C1=C(O)c1ccc(F)cc1. The third kappa shape index (κ3) is 2.63. The summed E-state index contributed by atoms with van der Waals surface area (Å²) in [7, 11) is 0. The largest absolute Gasteiger partial charge is 0.507 e. The van der Waals surface area contributed by atoms with Gasteiger partial charge in [-0.05, 0) is 35.7 Å². The van der Waals surface area contributed by atoms with E-state index in [1.165, 1.54) is 51.8 Å². The molecule has 4 rings (SSSR count). The summed E-state index contributed by atoms with van der Waals surface area (Å²) in [5.41, 5.74) is 0.240. The fraction of sp³-hybridized carbons (Fsp3) is 0.0556. The summed E-state index contributed by atoms with van der Waals surface area (Å²) >= 11 is 2.60. The molecule has 1 aliphatic rings. The van der Waals surface area contributed by atoms with Crippen LogP contribution in [0.2, 0.25) is 0 Å². The number of ketones is 1. The molecular weight excluding hydrogens is 375 g/mol. The normalized spacial score (nSPS) is 19.3. The van der Waals surface area contributed by atoms with E-state index in [1.54, 1.807) is 23.7 Å². The second-order valence-electron chi connectivity index (χ2n) is 5.51. The van der Waals surface area contributed by atoms with Gasteiger partial charge in [-0.2, -0.15) is 0 Å². The molecule has 1 saturated heterocycles. The Kier molecular flexibility index (Phi) is 4.14. The zero-order valence-corrected chi connectivity index (χ0v) is 14.8. The number of hydrogen-bond acceptors (Lipinski definition) is 6. The lowest BCUT2D eigenvalue weighted by Crippen LogP contribution is -2.28. The first-order chi connectivity index (χ1) is 12.6. The molecule has 130 valence electrons. The van der Waals surface area contributed by atoms with Crippen molar-refractivity contribution < 1.29 is 19.1 Å². The number of nitrogens with zero attached hydrogens (tertiary/aromatic N) is 2. The number of thiazole rings is 1. The number of carbonyl (C=O) groups excluding carboxylic acids is 2. The molecule has 1 N–H and O–H groups in total. The van der Waals surface area contributed by atoms with E-state index in [4.69, 9.17) is 0 Å². The third-order valence-electron chi connectivity index (χ3n) is 4.00. The van der Waals surface area contributed by atoms with E-state index in [2.05, 4.69) is 4.98 Å². The lowest BCUT2D eigenvalue weighted by molar-refractivity contribution is -0.132. The second kappa shape index (κ2) is 6.47. The molecule has 1 aliphatic heterocycles. The fourth-order valence-corrected chi connectivity index (χ4v) is 4.33. The van der Waals surface area contributed by atoms with Gasteiger partial charge >= 0.3 is 5.91 Å². The van der Waals surface area contributed by atoms with Crippen LogP contribution in [-0.2, 0) is 9.59 Å². The first kappa shape index (κ1) is 16.6. The summed E-state index contributed by atoms with van der Waals surface area (Å²) in [6.45, 7) is 0. The van der Waals surface area contributed by atoms with Gasteiger partial charge in [0.2, 0.25) is 0 Å². The minimum atomic E-state index is -0.791.